The summed E-state index contributed by atoms with van der Waals surface area (Å²) in [5, 5.41) is 2.74. The van der Waals surface area contributed by atoms with Gasteiger partial charge in [0.2, 0.25) is 11.8 Å². The standard InChI is InChI=1S/C29H35N3O7S/c1-6-30-29(34)21(2)31(19-22-12-14-24(37-3)15-13-22)28(33)20-32(23-10-8-7-9-11-23)40(35,36)25-16-17-26(38-4)27(18-25)39-5/h7-18,21H,6,19-20H2,1-5H3,(H,30,34)/t21-/m1/s1. The van der Waals surface area contributed by atoms with Crippen molar-refractivity contribution < 1.29 is 32.2 Å². The Balaban J connectivity index is 2.03. The van der Waals surface area contributed by atoms with E-state index < -0.39 is 28.5 Å². The Morgan fingerprint density at radius 1 is 0.875 bits per heavy atom. The first kappa shape index (κ1) is 30.3. The fourth-order valence-corrected chi connectivity index (χ4v) is 5.49. The molecule has 0 heterocycles. The van der Waals surface area contributed by atoms with Gasteiger partial charge in [-0.05, 0) is 55.8 Å². The number of nitrogens with zero attached hydrogens (tertiary/aromatic N) is 2. The molecule has 3 aromatic rings. The average molecular weight is 570 g/mol. The fraction of sp³-hybridized carbons (Fsp3) is 0.310. The van der Waals surface area contributed by atoms with Crippen LogP contribution < -0.4 is 23.8 Å². The molecule has 3 aromatic carbocycles. The number of anilines is 1. The molecule has 0 aliphatic rings. The molecule has 0 aliphatic heterocycles. The van der Waals surface area contributed by atoms with Crippen molar-refractivity contribution in [3.63, 3.8) is 0 Å². The third-order valence-corrected chi connectivity index (χ3v) is 8.07. The van der Waals surface area contributed by atoms with Gasteiger partial charge >= 0.3 is 0 Å². The first-order valence-electron chi connectivity index (χ1n) is 12.7. The predicted molar refractivity (Wildman–Crippen MR) is 152 cm³/mol. The van der Waals surface area contributed by atoms with Crippen molar-refractivity contribution in [1.82, 2.24) is 10.2 Å². The minimum absolute atomic E-state index is 0.0831. The highest BCUT2D eigenvalue weighted by Crippen LogP contribution is 2.32. The fourth-order valence-electron chi connectivity index (χ4n) is 4.06. The second kappa shape index (κ2) is 13.7. The van der Waals surface area contributed by atoms with Crippen LogP contribution in [-0.2, 0) is 26.2 Å². The van der Waals surface area contributed by atoms with E-state index in [1.807, 2.05) is 0 Å². The van der Waals surface area contributed by atoms with Crippen LogP contribution >= 0.6 is 0 Å². The van der Waals surface area contributed by atoms with Crippen LogP contribution in [0.25, 0.3) is 0 Å². The molecule has 1 N–H and O–H groups in total. The van der Waals surface area contributed by atoms with Crippen LogP contribution in [0.5, 0.6) is 17.2 Å². The lowest BCUT2D eigenvalue weighted by Gasteiger charge is -2.32. The van der Waals surface area contributed by atoms with E-state index in [2.05, 4.69) is 5.32 Å². The largest absolute Gasteiger partial charge is 0.497 e. The van der Waals surface area contributed by atoms with Gasteiger partial charge in [-0.1, -0.05) is 30.3 Å². The molecule has 0 radical (unpaired) electrons. The van der Waals surface area contributed by atoms with Crippen molar-refractivity contribution >= 4 is 27.5 Å². The van der Waals surface area contributed by atoms with Crippen LogP contribution in [0, 0.1) is 0 Å². The van der Waals surface area contributed by atoms with Crippen LogP contribution in [0.3, 0.4) is 0 Å². The van der Waals surface area contributed by atoms with Crippen LogP contribution in [-0.4, -0.2) is 65.6 Å². The van der Waals surface area contributed by atoms with E-state index in [-0.39, 0.29) is 23.1 Å². The highest BCUT2D eigenvalue weighted by molar-refractivity contribution is 7.92. The summed E-state index contributed by atoms with van der Waals surface area (Å²) in [5.74, 6) is 0.342. The molecule has 0 bridgehead atoms. The lowest BCUT2D eigenvalue weighted by atomic mass is 10.1. The number of likely N-dealkylation sites (N-methyl/N-ethyl adjacent to an activating group) is 1. The summed E-state index contributed by atoms with van der Waals surface area (Å²) in [6.45, 7) is 3.33. The Morgan fingerprint density at radius 2 is 1.52 bits per heavy atom. The van der Waals surface area contributed by atoms with Gasteiger partial charge < -0.3 is 24.4 Å². The minimum atomic E-state index is -4.25. The van der Waals surface area contributed by atoms with Crippen LogP contribution in [0.2, 0.25) is 0 Å². The quantitative estimate of drug-likeness (QED) is 0.335. The summed E-state index contributed by atoms with van der Waals surface area (Å²) >= 11 is 0. The molecular weight excluding hydrogens is 534 g/mol. The molecule has 1 atom stereocenters. The molecule has 0 fully saturated rings. The zero-order valence-electron chi connectivity index (χ0n) is 23.3. The Bertz CT molecular complexity index is 1400. The molecule has 0 saturated heterocycles. The van der Waals surface area contributed by atoms with Gasteiger partial charge in [0.25, 0.3) is 10.0 Å². The number of hydrogen-bond donors (Lipinski definition) is 1. The third kappa shape index (κ3) is 7.03. The first-order chi connectivity index (χ1) is 19.2. The van der Waals surface area contributed by atoms with E-state index in [4.69, 9.17) is 14.2 Å². The van der Waals surface area contributed by atoms with E-state index in [9.17, 15) is 18.0 Å². The number of hydrogen-bond acceptors (Lipinski definition) is 7. The molecule has 0 unspecified atom stereocenters. The SMILES string of the molecule is CCNC(=O)[C@@H](C)N(Cc1ccc(OC)cc1)C(=O)CN(c1ccccc1)S(=O)(=O)c1ccc(OC)c(OC)c1. The maximum atomic E-state index is 14.0. The number of ether oxygens (including phenoxy) is 3. The van der Waals surface area contributed by atoms with Gasteiger partial charge in [-0.15, -0.1) is 0 Å². The Kier molecular flexibility index (Phi) is 10.4. The lowest BCUT2D eigenvalue weighted by molar-refractivity contribution is -0.139. The summed E-state index contributed by atoms with van der Waals surface area (Å²) in [5.41, 5.74) is 1.04. The van der Waals surface area contributed by atoms with E-state index in [1.165, 1.54) is 37.3 Å². The number of benzene rings is 3. The predicted octanol–water partition coefficient (Wildman–Crippen LogP) is 3.46. The monoisotopic (exact) mass is 569 g/mol. The minimum Gasteiger partial charge on any atom is -0.497 e. The van der Waals surface area contributed by atoms with Crippen molar-refractivity contribution in [3.8, 4) is 17.2 Å². The summed E-state index contributed by atoms with van der Waals surface area (Å²) in [6.07, 6.45) is 0. The van der Waals surface area contributed by atoms with Gasteiger partial charge in [-0.3, -0.25) is 13.9 Å². The normalized spacial score (nSPS) is 11.7. The Morgan fingerprint density at radius 3 is 2.10 bits per heavy atom. The van der Waals surface area contributed by atoms with Crippen LogP contribution in [0.4, 0.5) is 5.69 Å². The number of amides is 2. The number of nitrogens with one attached hydrogen (secondary N) is 1. The second-order valence-electron chi connectivity index (χ2n) is 8.80. The summed E-state index contributed by atoms with van der Waals surface area (Å²) in [6, 6.07) is 18.8. The smallest absolute Gasteiger partial charge is 0.264 e. The number of sulfonamides is 1. The zero-order valence-corrected chi connectivity index (χ0v) is 24.1. The molecule has 0 aromatic heterocycles. The summed E-state index contributed by atoms with van der Waals surface area (Å²) < 4.78 is 44.7. The maximum Gasteiger partial charge on any atom is 0.264 e. The molecule has 3 rings (SSSR count). The average Bonchev–Trinajstić information content (AvgIpc) is 2.98. The van der Waals surface area contributed by atoms with E-state index in [1.54, 1.807) is 75.6 Å². The van der Waals surface area contributed by atoms with Crippen LogP contribution in [0.1, 0.15) is 19.4 Å². The summed E-state index contributed by atoms with van der Waals surface area (Å²) in [4.78, 5) is 28.0. The van der Waals surface area contributed by atoms with Crippen molar-refractivity contribution in [3.05, 3.63) is 78.4 Å². The molecular formula is C29H35N3O7S. The number of rotatable bonds is 13. The van der Waals surface area contributed by atoms with E-state index in [0.717, 1.165) is 9.87 Å². The second-order valence-corrected chi connectivity index (χ2v) is 10.7. The van der Waals surface area contributed by atoms with Crippen molar-refractivity contribution in [2.45, 2.75) is 31.3 Å². The highest BCUT2D eigenvalue weighted by Gasteiger charge is 2.33. The molecule has 0 aliphatic carbocycles. The summed E-state index contributed by atoms with van der Waals surface area (Å²) in [7, 11) is 0.171. The van der Waals surface area contributed by atoms with Crippen molar-refractivity contribution in [1.29, 1.82) is 0 Å². The molecule has 11 heteroatoms. The first-order valence-corrected chi connectivity index (χ1v) is 14.1. The number of methoxy groups -OCH3 is 3. The zero-order chi connectivity index (χ0) is 29.3. The van der Waals surface area contributed by atoms with Gasteiger partial charge in [0.15, 0.2) is 11.5 Å². The molecule has 10 nitrogen and oxygen atoms in total. The third-order valence-electron chi connectivity index (χ3n) is 6.30. The van der Waals surface area contributed by atoms with Crippen LogP contribution in [0.15, 0.2) is 77.7 Å². The van der Waals surface area contributed by atoms with E-state index >= 15 is 0 Å². The lowest BCUT2D eigenvalue weighted by Crippen LogP contribution is -2.51. The topological polar surface area (TPSA) is 114 Å². The Hall–Kier alpha value is -4.25. The molecule has 40 heavy (non-hydrogen) atoms. The van der Waals surface area contributed by atoms with Gasteiger partial charge in [0.05, 0.1) is 31.9 Å². The number of carbonyl (C=O) groups excluding carboxylic acids is 2. The maximum absolute atomic E-state index is 14.0. The van der Waals surface area contributed by atoms with Gasteiger partial charge in [-0.25, -0.2) is 8.42 Å². The van der Waals surface area contributed by atoms with Crippen molar-refractivity contribution in [2.75, 3.05) is 38.7 Å². The van der Waals surface area contributed by atoms with Crippen molar-refractivity contribution in [2.24, 2.45) is 0 Å². The molecule has 0 spiro atoms. The van der Waals surface area contributed by atoms with Gasteiger partial charge in [-0.2, -0.15) is 0 Å². The van der Waals surface area contributed by atoms with Gasteiger partial charge in [0, 0.05) is 19.2 Å². The molecule has 2 amide bonds. The highest BCUT2D eigenvalue weighted by atomic mass is 32.2. The Labute approximate surface area is 235 Å². The van der Waals surface area contributed by atoms with E-state index in [0.29, 0.717) is 23.7 Å². The molecule has 214 valence electrons. The van der Waals surface area contributed by atoms with Gasteiger partial charge in [0.1, 0.15) is 18.3 Å². The molecule has 0 saturated carbocycles. The number of para-hydroxylation sites is 1. The number of carbonyl (C=O) groups is 2.